The number of amides is 1. The maximum Gasteiger partial charge on any atom is 0.224 e. The number of nitrogens with one attached hydrogen (secondary N) is 1. The van der Waals surface area contributed by atoms with E-state index in [0.717, 1.165) is 22.4 Å². The van der Waals surface area contributed by atoms with E-state index in [1.54, 1.807) is 0 Å². The van der Waals surface area contributed by atoms with Gasteiger partial charge in [0.25, 0.3) is 0 Å². The average Bonchev–Trinajstić information content (AvgIpc) is 2.74. The van der Waals surface area contributed by atoms with Gasteiger partial charge in [0.1, 0.15) is 12.4 Å². The highest BCUT2D eigenvalue weighted by molar-refractivity contribution is 5.78. The van der Waals surface area contributed by atoms with E-state index in [1.807, 2.05) is 84.9 Å². The van der Waals surface area contributed by atoms with E-state index < -0.39 is 0 Å². The van der Waals surface area contributed by atoms with Gasteiger partial charge in [-0.15, -0.1) is 0 Å². The Balaban J connectivity index is 1.49. The average molecular weight is 375 g/mol. The van der Waals surface area contributed by atoms with Crippen molar-refractivity contribution in [3.05, 3.63) is 102 Å². The summed E-state index contributed by atoms with van der Waals surface area (Å²) in [5.74, 6) is 0.703. The molecule has 0 bridgehead atoms. The van der Waals surface area contributed by atoms with E-state index in [1.165, 1.54) is 0 Å². The number of aliphatic hydroxyl groups is 1. The second kappa shape index (κ2) is 10.3. The summed E-state index contributed by atoms with van der Waals surface area (Å²) >= 11 is 0. The maximum absolute atomic E-state index is 12.2. The van der Waals surface area contributed by atoms with Gasteiger partial charge in [-0.2, -0.15) is 0 Å². The Morgan fingerprint density at radius 2 is 1.43 bits per heavy atom. The van der Waals surface area contributed by atoms with E-state index in [4.69, 9.17) is 4.74 Å². The number of rotatable bonds is 9. The lowest BCUT2D eigenvalue weighted by molar-refractivity contribution is -0.121. The first-order valence-electron chi connectivity index (χ1n) is 9.43. The van der Waals surface area contributed by atoms with E-state index in [2.05, 4.69) is 5.32 Å². The Morgan fingerprint density at radius 1 is 0.821 bits per heavy atom. The normalized spacial score (nSPS) is 11.6. The van der Waals surface area contributed by atoms with Crippen LogP contribution in [0.4, 0.5) is 0 Å². The zero-order chi connectivity index (χ0) is 19.6. The fraction of sp³-hybridized carbons (Fsp3) is 0.208. The Morgan fingerprint density at radius 3 is 2.04 bits per heavy atom. The quantitative estimate of drug-likeness (QED) is 0.602. The van der Waals surface area contributed by atoms with Crippen LogP contribution in [0.25, 0.3) is 0 Å². The molecule has 0 heterocycles. The van der Waals surface area contributed by atoms with Gasteiger partial charge in [-0.1, -0.05) is 72.8 Å². The second-order valence-corrected chi connectivity index (χ2v) is 6.73. The van der Waals surface area contributed by atoms with Crippen LogP contribution in [0.2, 0.25) is 0 Å². The first-order chi connectivity index (χ1) is 13.7. The third-order valence-corrected chi connectivity index (χ3v) is 4.45. The van der Waals surface area contributed by atoms with Crippen molar-refractivity contribution >= 4 is 5.91 Å². The Kier molecular flexibility index (Phi) is 7.21. The Labute approximate surface area is 165 Å². The molecule has 0 aliphatic heterocycles. The van der Waals surface area contributed by atoms with Crippen molar-refractivity contribution in [1.29, 1.82) is 0 Å². The molecule has 3 aromatic carbocycles. The molecule has 0 spiro atoms. The van der Waals surface area contributed by atoms with Crippen LogP contribution in [0, 0.1) is 0 Å². The lowest BCUT2D eigenvalue weighted by Crippen LogP contribution is -2.39. The minimum atomic E-state index is -0.313. The van der Waals surface area contributed by atoms with Crippen LogP contribution < -0.4 is 10.1 Å². The first kappa shape index (κ1) is 19.6. The molecule has 1 amide bonds. The molecule has 0 aromatic heterocycles. The van der Waals surface area contributed by atoms with Crippen LogP contribution in [0.15, 0.2) is 84.9 Å². The molecule has 3 rings (SSSR count). The van der Waals surface area contributed by atoms with Crippen molar-refractivity contribution in [2.45, 2.75) is 25.5 Å². The van der Waals surface area contributed by atoms with Crippen LogP contribution in [0.3, 0.4) is 0 Å². The highest BCUT2D eigenvalue weighted by Gasteiger charge is 2.12. The van der Waals surface area contributed by atoms with Crippen LogP contribution in [-0.4, -0.2) is 23.7 Å². The van der Waals surface area contributed by atoms with E-state index in [0.29, 0.717) is 19.4 Å². The molecule has 0 aliphatic carbocycles. The first-order valence-corrected chi connectivity index (χ1v) is 9.43. The van der Waals surface area contributed by atoms with Gasteiger partial charge in [0.15, 0.2) is 0 Å². The van der Waals surface area contributed by atoms with Gasteiger partial charge in [0.2, 0.25) is 5.91 Å². The summed E-state index contributed by atoms with van der Waals surface area (Å²) in [5.41, 5.74) is 3.11. The third kappa shape index (κ3) is 6.25. The van der Waals surface area contributed by atoms with Gasteiger partial charge in [0, 0.05) is 0 Å². The summed E-state index contributed by atoms with van der Waals surface area (Å²) in [4.78, 5) is 12.2. The van der Waals surface area contributed by atoms with Crippen LogP contribution in [0.5, 0.6) is 5.75 Å². The molecule has 4 nitrogen and oxygen atoms in total. The lowest BCUT2D eigenvalue weighted by Gasteiger charge is -2.17. The van der Waals surface area contributed by atoms with Gasteiger partial charge < -0.3 is 15.2 Å². The molecule has 0 radical (unpaired) electrons. The molecule has 0 saturated carbocycles. The van der Waals surface area contributed by atoms with Crippen molar-refractivity contribution in [2.24, 2.45) is 0 Å². The van der Waals surface area contributed by atoms with Gasteiger partial charge in [-0.3, -0.25) is 4.79 Å². The molecule has 1 atom stereocenters. The summed E-state index contributed by atoms with van der Waals surface area (Å²) in [6, 6.07) is 27.0. The number of hydrogen-bond acceptors (Lipinski definition) is 3. The molecule has 0 unspecified atom stereocenters. The molecule has 144 valence electrons. The number of hydrogen-bond donors (Lipinski definition) is 2. The third-order valence-electron chi connectivity index (χ3n) is 4.45. The highest BCUT2D eigenvalue weighted by Crippen LogP contribution is 2.15. The maximum atomic E-state index is 12.2. The summed E-state index contributed by atoms with van der Waals surface area (Å²) < 4.78 is 5.79. The molecule has 4 heteroatoms. The summed E-state index contributed by atoms with van der Waals surface area (Å²) in [5, 5.41) is 12.5. The number of benzene rings is 3. The lowest BCUT2D eigenvalue weighted by atomic mass is 10.1. The number of carbonyl (C=O) groups is 1. The molecule has 0 aliphatic rings. The van der Waals surface area contributed by atoms with Gasteiger partial charge in [-0.05, 0) is 35.2 Å². The molecular weight excluding hydrogens is 350 g/mol. The summed E-state index contributed by atoms with van der Waals surface area (Å²) in [6.07, 6.45) is 0.875. The Bertz CT molecular complexity index is 848. The topological polar surface area (TPSA) is 58.6 Å². The van der Waals surface area contributed by atoms with Crippen molar-refractivity contribution in [2.75, 3.05) is 6.61 Å². The van der Waals surface area contributed by atoms with Gasteiger partial charge >= 0.3 is 0 Å². The minimum Gasteiger partial charge on any atom is -0.489 e. The molecule has 0 saturated heterocycles. The van der Waals surface area contributed by atoms with Gasteiger partial charge in [0.05, 0.1) is 19.1 Å². The van der Waals surface area contributed by atoms with E-state index in [-0.39, 0.29) is 18.6 Å². The summed E-state index contributed by atoms with van der Waals surface area (Å²) in [6.45, 7) is 0.418. The van der Waals surface area contributed by atoms with Crippen LogP contribution >= 0.6 is 0 Å². The second-order valence-electron chi connectivity index (χ2n) is 6.73. The fourth-order valence-electron chi connectivity index (χ4n) is 2.97. The van der Waals surface area contributed by atoms with Crippen molar-refractivity contribution < 1.29 is 14.6 Å². The number of carbonyl (C=O) groups excluding carboxylic acids is 1. The van der Waals surface area contributed by atoms with Crippen molar-refractivity contribution in [3.63, 3.8) is 0 Å². The predicted octanol–water partition coefficient (Wildman–Crippen LogP) is 3.53. The van der Waals surface area contributed by atoms with Crippen molar-refractivity contribution in [3.8, 4) is 5.75 Å². The predicted molar refractivity (Wildman–Crippen MR) is 110 cm³/mol. The van der Waals surface area contributed by atoms with Crippen LogP contribution in [-0.2, 0) is 24.2 Å². The SMILES string of the molecule is O=C(Cc1ccccc1)N[C@H](CO)Cc1ccc(OCc2ccccc2)cc1. The highest BCUT2D eigenvalue weighted by atomic mass is 16.5. The molecule has 0 fully saturated rings. The largest absolute Gasteiger partial charge is 0.489 e. The molecule has 2 N–H and O–H groups in total. The monoisotopic (exact) mass is 375 g/mol. The molecule has 28 heavy (non-hydrogen) atoms. The van der Waals surface area contributed by atoms with Crippen LogP contribution in [0.1, 0.15) is 16.7 Å². The molecular formula is C24H25NO3. The standard InChI is InChI=1S/C24H25NO3/c26-17-22(25-24(27)16-19-7-3-1-4-8-19)15-20-11-13-23(14-12-20)28-18-21-9-5-2-6-10-21/h1-14,22,26H,15-18H2,(H,25,27)/t22-/m0/s1. The van der Waals surface area contributed by atoms with Crippen molar-refractivity contribution in [1.82, 2.24) is 5.32 Å². The smallest absolute Gasteiger partial charge is 0.224 e. The summed E-state index contributed by atoms with van der Waals surface area (Å²) in [7, 11) is 0. The molecule has 3 aromatic rings. The number of ether oxygens (including phenoxy) is 1. The zero-order valence-corrected chi connectivity index (χ0v) is 15.8. The zero-order valence-electron chi connectivity index (χ0n) is 15.8. The Hall–Kier alpha value is -3.11. The fourth-order valence-corrected chi connectivity index (χ4v) is 2.97. The van der Waals surface area contributed by atoms with Gasteiger partial charge in [-0.25, -0.2) is 0 Å². The minimum absolute atomic E-state index is 0.0898. The number of aliphatic hydroxyl groups excluding tert-OH is 1. The van der Waals surface area contributed by atoms with E-state index >= 15 is 0 Å². The van der Waals surface area contributed by atoms with E-state index in [9.17, 15) is 9.90 Å².